The molecule has 0 bridgehead atoms. The van der Waals surface area contributed by atoms with Gasteiger partial charge in [-0.1, -0.05) is 5.92 Å². The van der Waals surface area contributed by atoms with E-state index in [2.05, 4.69) is 5.92 Å². The van der Waals surface area contributed by atoms with Crippen molar-refractivity contribution in [2.24, 2.45) is 0 Å². The second-order valence-electron chi connectivity index (χ2n) is 3.15. The highest BCUT2D eigenvalue weighted by Gasteiger charge is 2.13. The molecule has 4 heteroatoms. The van der Waals surface area contributed by atoms with Crippen LogP contribution in [0.4, 0.5) is 5.69 Å². The van der Waals surface area contributed by atoms with Gasteiger partial charge in [-0.15, -0.1) is 6.42 Å². The first-order valence-electron chi connectivity index (χ1n) is 4.38. The van der Waals surface area contributed by atoms with Gasteiger partial charge in [-0.25, -0.2) is 0 Å². The van der Waals surface area contributed by atoms with Gasteiger partial charge in [-0.3, -0.25) is 10.1 Å². The Bertz CT molecular complexity index is 432. The van der Waals surface area contributed by atoms with Crippen molar-refractivity contribution in [1.29, 1.82) is 0 Å². The zero-order valence-corrected chi connectivity index (χ0v) is 8.61. The molecule has 0 saturated carbocycles. The number of aryl methyl sites for hydroxylation is 2. The van der Waals surface area contributed by atoms with E-state index in [1.165, 1.54) is 6.07 Å². The minimum absolute atomic E-state index is 0.0487. The first-order chi connectivity index (χ1) is 7.06. The van der Waals surface area contributed by atoms with Gasteiger partial charge < -0.3 is 4.74 Å². The van der Waals surface area contributed by atoms with E-state index < -0.39 is 4.92 Å². The highest BCUT2D eigenvalue weighted by atomic mass is 16.6. The highest BCUT2D eigenvalue weighted by Crippen LogP contribution is 2.27. The fraction of sp³-hybridized carbons (Fsp3) is 0.273. The van der Waals surface area contributed by atoms with Crippen molar-refractivity contribution in [3.63, 3.8) is 0 Å². The zero-order valence-electron chi connectivity index (χ0n) is 8.61. The van der Waals surface area contributed by atoms with Gasteiger partial charge in [0.2, 0.25) is 0 Å². The number of hydrogen-bond acceptors (Lipinski definition) is 3. The van der Waals surface area contributed by atoms with E-state index in [0.29, 0.717) is 11.3 Å². The molecule has 0 saturated heterocycles. The highest BCUT2D eigenvalue weighted by molar-refractivity contribution is 5.49. The molecule has 0 aliphatic heterocycles. The van der Waals surface area contributed by atoms with Crippen molar-refractivity contribution in [3.8, 4) is 18.1 Å². The monoisotopic (exact) mass is 205 g/mol. The topological polar surface area (TPSA) is 52.4 Å². The third-order valence-electron chi connectivity index (χ3n) is 2.00. The molecule has 0 aliphatic rings. The number of nitro groups is 1. The smallest absolute Gasteiger partial charge is 0.276 e. The lowest BCUT2D eigenvalue weighted by Crippen LogP contribution is -1.99. The van der Waals surface area contributed by atoms with E-state index in [9.17, 15) is 10.1 Å². The van der Waals surface area contributed by atoms with Crippen LogP contribution in [0, 0.1) is 36.3 Å². The Kier molecular flexibility index (Phi) is 3.29. The summed E-state index contributed by atoms with van der Waals surface area (Å²) in [5.74, 6) is 2.78. The molecule has 0 fully saturated rings. The van der Waals surface area contributed by atoms with Crippen molar-refractivity contribution in [2.45, 2.75) is 13.8 Å². The first-order valence-corrected chi connectivity index (χ1v) is 4.38. The van der Waals surface area contributed by atoms with Crippen LogP contribution in [0.1, 0.15) is 11.1 Å². The molecule has 1 aromatic carbocycles. The predicted octanol–water partition coefficient (Wildman–Crippen LogP) is 2.22. The van der Waals surface area contributed by atoms with Gasteiger partial charge in [0.15, 0.2) is 0 Å². The lowest BCUT2D eigenvalue weighted by molar-refractivity contribution is -0.385. The maximum Gasteiger partial charge on any atom is 0.276 e. The summed E-state index contributed by atoms with van der Waals surface area (Å²) in [4.78, 5) is 10.2. The van der Waals surface area contributed by atoms with Crippen LogP contribution in [0.15, 0.2) is 12.1 Å². The Morgan fingerprint density at radius 2 is 2.13 bits per heavy atom. The fourth-order valence-corrected chi connectivity index (χ4v) is 1.29. The van der Waals surface area contributed by atoms with Crippen LogP contribution in [0.3, 0.4) is 0 Å². The van der Waals surface area contributed by atoms with E-state index >= 15 is 0 Å². The summed E-state index contributed by atoms with van der Waals surface area (Å²) < 4.78 is 5.19. The minimum atomic E-state index is -0.433. The largest absolute Gasteiger partial charge is 0.480 e. The molecule has 0 spiro atoms. The number of hydrogen-bond donors (Lipinski definition) is 0. The summed E-state index contributed by atoms with van der Waals surface area (Å²) in [7, 11) is 0. The van der Waals surface area contributed by atoms with Crippen LogP contribution in [0.2, 0.25) is 0 Å². The third-order valence-corrected chi connectivity index (χ3v) is 2.00. The predicted molar refractivity (Wildman–Crippen MR) is 56.9 cm³/mol. The van der Waals surface area contributed by atoms with Crippen molar-refractivity contribution >= 4 is 5.69 Å². The molecule has 0 unspecified atom stereocenters. The SMILES string of the molecule is C#CCOc1cc([N+](=O)[O-])c(C)cc1C. The van der Waals surface area contributed by atoms with Crippen molar-refractivity contribution in [3.05, 3.63) is 33.4 Å². The molecule has 15 heavy (non-hydrogen) atoms. The number of benzene rings is 1. The lowest BCUT2D eigenvalue weighted by Gasteiger charge is -2.07. The normalized spacial score (nSPS) is 9.40. The summed E-state index contributed by atoms with van der Waals surface area (Å²) in [5, 5.41) is 10.7. The van der Waals surface area contributed by atoms with E-state index in [1.54, 1.807) is 13.0 Å². The van der Waals surface area contributed by atoms with Crippen molar-refractivity contribution in [2.75, 3.05) is 6.61 Å². The van der Waals surface area contributed by atoms with Gasteiger partial charge in [0.25, 0.3) is 5.69 Å². The molecule has 0 atom stereocenters. The molecule has 0 N–H and O–H groups in total. The van der Waals surface area contributed by atoms with Crippen molar-refractivity contribution in [1.82, 2.24) is 0 Å². The quantitative estimate of drug-likeness (QED) is 0.432. The Labute approximate surface area is 88.0 Å². The molecule has 1 aromatic rings. The Balaban J connectivity index is 3.13. The number of nitro benzene ring substituents is 1. The van der Waals surface area contributed by atoms with Crippen LogP contribution >= 0.6 is 0 Å². The van der Waals surface area contributed by atoms with Crippen molar-refractivity contribution < 1.29 is 9.66 Å². The fourth-order valence-electron chi connectivity index (χ4n) is 1.29. The average Bonchev–Trinajstić information content (AvgIpc) is 2.16. The average molecular weight is 205 g/mol. The molecular weight excluding hydrogens is 194 g/mol. The van der Waals surface area contributed by atoms with Crippen LogP contribution in [0.5, 0.6) is 5.75 Å². The number of terminal acetylenes is 1. The van der Waals surface area contributed by atoms with Gasteiger partial charge in [0.05, 0.1) is 11.0 Å². The lowest BCUT2D eigenvalue weighted by atomic mass is 10.1. The standard InChI is InChI=1S/C11H11NO3/c1-4-5-15-11-7-10(12(13)14)8(2)6-9(11)3/h1,6-7H,5H2,2-3H3. The van der Waals surface area contributed by atoms with Gasteiger partial charge in [0, 0.05) is 5.56 Å². The molecule has 0 aliphatic carbocycles. The van der Waals surface area contributed by atoms with Crippen LogP contribution in [0.25, 0.3) is 0 Å². The maximum atomic E-state index is 10.7. The molecule has 0 heterocycles. The van der Waals surface area contributed by atoms with E-state index in [0.717, 1.165) is 5.56 Å². The summed E-state index contributed by atoms with van der Waals surface area (Å²) in [6, 6.07) is 3.12. The third kappa shape index (κ3) is 2.47. The molecule has 1 rings (SSSR count). The second-order valence-corrected chi connectivity index (χ2v) is 3.15. The Morgan fingerprint density at radius 3 is 2.67 bits per heavy atom. The molecular formula is C11H11NO3. The summed E-state index contributed by atoms with van der Waals surface area (Å²) in [6.07, 6.45) is 5.05. The second kappa shape index (κ2) is 4.47. The Hall–Kier alpha value is -2.02. The summed E-state index contributed by atoms with van der Waals surface area (Å²) in [6.45, 7) is 3.62. The summed E-state index contributed by atoms with van der Waals surface area (Å²) in [5.41, 5.74) is 1.51. The Morgan fingerprint density at radius 1 is 1.47 bits per heavy atom. The van der Waals surface area contributed by atoms with Gasteiger partial charge in [0.1, 0.15) is 12.4 Å². The van der Waals surface area contributed by atoms with Gasteiger partial charge >= 0.3 is 0 Å². The first kappa shape index (κ1) is 11.1. The molecule has 0 radical (unpaired) electrons. The van der Waals surface area contributed by atoms with Crippen LogP contribution in [-0.2, 0) is 0 Å². The zero-order chi connectivity index (χ0) is 11.4. The van der Waals surface area contributed by atoms with Gasteiger partial charge in [-0.2, -0.15) is 0 Å². The van der Waals surface area contributed by atoms with E-state index in [-0.39, 0.29) is 12.3 Å². The maximum absolute atomic E-state index is 10.7. The molecule has 0 amide bonds. The molecule has 4 nitrogen and oxygen atoms in total. The number of ether oxygens (including phenoxy) is 1. The van der Waals surface area contributed by atoms with Crippen LogP contribution in [-0.4, -0.2) is 11.5 Å². The van der Waals surface area contributed by atoms with Crippen LogP contribution < -0.4 is 4.74 Å². The summed E-state index contributed by atoms with van der Waals surface area (Å²) >= 11 is 0. The number of rotatable bonds is 3. The van der Waals surface area contributed by atoms with E-state index in [1.807, 2.05) is 6.92 Å². The van der Waals surface area contributed by atoms with Gasteiger partial charge in [-0.05, 0) is 25.5 Å². The van der Waals surface area contributed by atoms with E-state index in [4.69, 9.17) is 11.2 Å². The molecule has 78 valence electrons. The minimum Gasteiger partial charge on any atom is -0.480 e. The number of nitrogens with zero attached hydrogens (tertiary/aromatic N) is 1. The molecule has 0 aromatic heterocycles.